The number of benzene rings is 2. The zero-order valence-corrected chi connectivity index (χ0v) is 22.0. The average molecular weight is 528 g/mol. The average Bonchev–Trinajstić information content (AvgIpc) is 3.53. The lowest BCUT2D eigenvalue weighted by atomic mass is 10.1. The van der Waals surface area contributed by atoms with Gasteiger partial charge in [-0.15, -0.1) is 0 Å². The Morgan fingerprint density at radius 2 is 1.87 bits per heavy atom. The Morgan fingerprint density at radius 1 is 1.13 bits per heavy atom. The predicted octanol–water partition coefficient (Wildman–Crippen LogP) is 4.75. The number of carbonyl (C=O) groups is 1. The number of nitrogens with zero attached hydrogens (tertiary/aromatic N) is 5. The lowest BCUT2D eigenvalue weighted by molar-refractivity contribution is 0.0169. The van der Waals surface area contributed by atoms with Gasteiger partial charge in [0.1, 0.15) is 22.3 Å². The number of likely N-dealkylation sites (tertiary alicyclic amines) is 1. The zero-order valence-electron chi connectivity index (χ0n) is 22.0. The SMILES string of the molecule is CC(C)(C)OC(=O)N1CCCC(n2nc(-c3ccc(-c4nc5ccccc5o4)cc3)c3c(N)n[nH]c(=O)c32)C1. The molecule has 1 aliphatic rings. The zero-order chi connectivity index (χ0) is 27.3. The van der Waals surface area contributed by atoms with E-state index in [0.29, 0.717) is 41.2 Å². The molecule has 3 aromatic heterocycles. The minimum absolute atomic E-state index is 0.175. The highest BCUT2D eigenvalue weighted by Crippen LogP contribution is 2.34. The molecule has 0 aliphatic carbocycles. The summed E-state index contributed by atoms with van der Waals surface area (Å²) in [5.74, 6) is 0.689. The number of aromatic amines is 1. The van der Waals surface area contributed by atoms with Gasteiger partial charge in [0.25, 0.3) is 5.56 Å². The van der Waals surface area contributed by atoms with Crippen molar-refractivity contribution in [2.45, 2.75) is 45.3 Å². The number of para-hydroxylation sites is 2. The first-order chi connectivity index (χ1) is 18.7. The summed E-state index contributed by atoms with van der Waals surface area (Å²) < 4.78 is 13.2. The topological polar surface area (TPSA) is 145 Å². The van der Waals surface area contributed by atoms with Crippen molar-refractivity contribution in [2.24, 2.45) is 0 Å². The van der Waals surface area contributed by atoms with E-state index in [-0.39, 0.29) is 18.0 Å². The van der Waals surface area contributed by atoms with Gasteiger partial charge in [0.15, 0.2) is 11.4 Å². The molecule has 2 aromatic carbocycles. The number of hydrogen-bond donors (Lipinski definition) is 2. The van der Waals surface area contributed by atoms with Gasteiger partial charge in [0.05, 0.1) is 11.4 Å². The number of piperidine rings is 1. The molecule has 1 unspecified atom stereocenters. The molecule has 3 N–H and O–H groups in total. The molecule has 1 saturated heterocycles. The van der Waals surface area contributed by atoms with E-state index in [9.17, 15) is 9.59 Å². The van der Waals surface area contributed by atoms with Crippen LogP contribution in [0.2, 0.25) is 0 Å². The molecule has 1 fully saturated rings. The summed E-state index contributed by atoms with van der Waals surface area (Å²) in [5.41, 5.74) is 9.22. The van der Waals surface area contributed by atoms with E-state index in [1.54, 1.807) is 9.58 Å². The van der Waals surface area contributed by atoms with Crippen molar-refractivity contribution in [3.63, 3.8) is 0 Å². The van der Waals surface area contributed by atoms with Crippen molar-refractivity contribution in [3.05, 3.63) is 58.9 Å². The first kappa shape index (κ1) is 24.7. The summed E-state index contributed by atoms with van der Waals surface area (Å²) in [6, 6.07) is 14.9. The normalized spacial score (nSPS) is 16.2. The van der Waals surface area contributed by atoms with Gasteiger partial charge in [-0.05, 0) is 57.9 Å². The number of amides is 1. The molecule has 6 rings (SSSR count). The largest absolute Gasteiger partial charge is 0.444 e. The Bertz CT molecular complexity index is 1710. The minimum atomic E-state index is -0.600. The van der Waals surface area contributed by atoms with Crippen LogP contribution in [0.25, 0.3) is 44.7 Å². The Hall–Kier alpha value is -4.67. The molecule has 0 saturated carbocycles. The van der Waals surface area contributed by atoms with Gasteiger partial charge in [0, 0.05) is 24.2 Å². The lowest BCUT2D eigenvalue weighted by Crippen LogP contribution is -2.43. The van der Waals surface area contributed by atoms with Crippen molar-refractivity contribution < 1.29 is 13.9 Å². The van der Waals surface area contributed by atoms with Crippen molar-refractivity contribution >= 4 is 33.9 Å². The fraction of sp³-hybridized carbons (Fsp3) is 0.321. The van der Waals surface area contributed by atoms with Crippen LogP contribution in [0, 0.1) is 0 Å². The second-order valence-electron chi connectivity index (χ2n) is 10.7. The van der Waals surface area contributed by atoms with Gasteiger partial charge in [-0.1, -0.05) is 24.3 Å². The van der Waals surface area contributed by atoms with E-state index in [0.717, 1.165) is 29.5 Å². The van der Waals surface area contributed by atoms with Crippen molar-refractivity contribution in [2.75, 3.05) is 18.8 Å². The Kier molecular flexibility index (Phi) is 5.86. The van der Waals surface area contributed by atoms with Crippen molar-refractivity contribution in [3.8, 4) is 22.7 Å². The number of H-pyrrole nitrogens is 1. The number of fused-ring (bicyclic) bond motifs is 2. The summed E-state index contributed by atoms with van der Waals surface area (Å²) in [5, 5.41) is 11.8. The Morgan fingerprint density at radius 3 is 2.62 bits per heavy atom. The van der Waals surface area contributed by atoms with Crippen LogP contribution in [0.1, 0.15) is 39.7 Å². The van der Waals surface area contributed by atoms with Gasteiger partial charge < -0.3 is 19.8 Å². The molecule has 200 valence electrons. The number of carbonyl (C=O) groups excluding carboxylic acids is 1. The summed E-state index contributed by atoms with van der Waals surface area (Å²) in [4.78, 5) is 32.0. The van der Waals surface area contributed by atoms with Crippen molar-refractivity contribution in [1.29, 1.82) is 0 Å². The fourth-order valence-corrected chi connectivity index (χ4v) is 4.99. The van der Waals surface area contributed by atoms with E-state index in [1.807, 2.05) is 69.3 Å². The summed E-state index contributed by atoms with van der Waals surface area (Å²) in [7, 11) is 0. The highest BCUT2D eigenvalue weighted by Gasteiger charge is 2.31. The second-order valence-corrected chi connectivity index (χ2v) is 10.7. The quantitative estimate of drug-likeness (QED) is 0.342. The first-order valence-electron chi connectivity index (χ1n) is 12.9. The third-order valence-electron chi connectivity index (χ3n) is 6.75. The van der Waals surface area contributed by atoms with Gasteiger partial charge in [0.2, 0.25) is 5.89 Å². The number of anilines is 1. The maximum absolute atomic E-state index is 13.0. The van der Waals surface area contributed by atoms with Crippen LogP contribution in [-0.4, -0.2) is 54.6 Å². The molecule has 1 aliphatic heterocycles. The minimum Gasteiger partial charge on any atom is -0.444 e. The lowest BCUT2D eigenvalue weighted by Gasteiger charge is -2.34. The first-order valence-corrected chi connectivity index (χ1v) is 12.9. The standard InChI is InChI=1S/C28H29N7O4/c1-28(2,3)39-27(37)34-14-6-7-18(15-34)35-23-21(24(29)31-32-25(23)36)22(33-35)16-10-12-17(13-11-16)26-30-19-8-4-5-9-20(19)38-26/h4-5,8-13,18H,6-7,14-15H2,1-3H3,(H2,29,31)(H,32,36). The number of nitrogens with two attached hydrogens (primary N) is 1. The number of rotatable bonds is 3. The van der Waals surface area contributed by atoms with E-state index in [1.165, 1.54) is 0 Å². The van der Waals surface area contributed by atoms with Crippen LogP contribution >= 0.6 is 0 Å². The predicted molar refractivity (Wildman–Crippen MR) is 147 cm³/mol. The molecule has 11 heteroatoms. The Labute approximate surface area is 223 Å². The highest BCUT2D eigenvalue weighted by molar-refractivity contribution is 5.99. The van der Waals surface area contributed by atoms with Crippen LogP contribution in [0.4, 0.5) is 10.6 Å². The highest BCUT2D eigenvalue weighted by atomic mass is 16.6. The second kappa shape index (κ2) is 9.26. The van der Waals surface area contributed by atoms with E-state index in [4.69, 9.17) is 20.0 Å². The fourth-order valence-electron chi connectivity index (χ4n) is 4.99. The molecule has 1 amide bonds. The maximum atomic E-state index is 13.0. The van der Waals surface area contributed by atoms with Crippen LogP contribution in [0.3, 0.4) is 0 Å². The van der Waals surface area contributed by atoms with Crippen LogP contribution in [-0.2, 0) is 4.74 Å². The van der Waals surface area contributed by atoms with Gasteiger partial charge in [-0.3, -0.25) is 9.48 Å². The molecule has 0 radical (unpaired) electrons. The van der Waals surface area contributed by atoms with Crippen molar-refractivity contribution in [1.82, 2.24) is 29.9 Å². The number of hydrogen-bond acceptors (Lipinski definition) is 8. The van der Waals surface area contributed by atoms with Crippen LogP contribution < -0.4 is 11.3 Å². The molecule has 5 aromatic rings. The van der Waals surface area contributed by atoms with E-state index in [2.05, 4.69) is 15.2 Å². The molecule has 4 heterocycles. The Balaban J connectivity index is 1.37. The van der Waals surface area contributed by atoms with Gasteiger partial charge in [-0.25, -0.2) is 14.9 Å². The molecule has 11 nitrogen and oxygen atoms in total. The number of nitrogens with one attached hydrogen (secondary N) is 1. The monoisotopic (exact) mass is 527 g/mol. The van der Waals surface area contributed by atoms with E-state index >= 15 is 0 Å². The van der Waals surface area contributed by atoms with Gasteiger partial charge >= 0.3 is 6.09 Å². The van der Waals surface area contributed by atoms with Crippen LogP contribution in [0.5, 0.6) is 0 Å². The van der Waals surface area contributed by atoms with Gasteiger partial charge in [-0.2, -0.15) is 10.2 Å². The molecular formula is C28H29N7O4. The summed E-state index contributed by atoms with van der Waals surface area (Å²) in [6.07, 6.45) is 1.11. The van der Waals surface area contributed by atoms with E-state index < -0.39 is 11.2 Å². The molecular weight excluding hydrogens is 498 g/mol. The number of ether oxygens (including phenoxy) is 1. The number of nitrogen functional groups attached to an aromatic ring is 1. The smallest absolute Gasteiger partial charge is 0.410 e. The third-order valence-corrected chi connectivity index (χ3v) is 6.75. The third kappa shape index (κ3) is 4.60. The summed E-state index contributed by atoms with van der Waals surface area (Å²) >= 11 is 0. The molecule has 1 atom stereocenters. The van der Waals surface area contributed by atoms with Crippen LogP contribution in [0.15, 0.2) is 57.7 Å². The molecule has 39 heavy (non-hydrogen) atoms. The molecule has 0 bridgehead atoms. The molecule has 0 spiro atoms. The number of oxazole rings is 1. The number of aromatic nitrogens is 5. The summed E-state index contributed by atoms with van der Waals surface area (Å²) in [6.45, 7) is 6.46. The maximum Gasteiger partial charge on any atom is 0.410 e.